The molecule has 2 aliphatic rings. The minimum absolute atomic E-state index is 0.0801. The predicted octanol–water partition coefficient (Wildman–Crippen LogP) is 3.78. The molecule has 0 aromatic rings. The van der Waals surface area contributed by atoms with Crippen LogP contribution >= 0.6 is 0 Å². The van der Waals surface area contributed by atoms with E-state index >= 15 is 0 Å². The molecule has 20 heavy (non-hydrogen) atoms. The van der Waals surface area contributed by atoms with Crippen LogP contribution in [0, 0.1) is 11.3 Å². The number of epoxide rings is 1. The Bertz CT molecular complexity index is 410. The van der Waals surface area contributed by atoms with Gasteiger partial charge in [0.1, 0.15) is 11.9 Å². The molecule has 0 aromatic heterocycles. The van der Waals surface area contributed by atoms with E-state index in [0.717, 1.165) is 12.7 Å². The minimum atomic E-state index is -1.83. The molecule has 2 rings (SSSR count). The summed E-state index contributed by atoms with van der Waals surface area (Å²) in [7, 11) is -1.83. The highest BCUT2D eigenvalue weighted by Crippen LogP contribution is 2.58. The van der Waals surface area contributed by atoms with Gasteiger partial charge in [-0.25, -0.2) is 0 Å². The van der Waals surface area contributed by atoms with Crippen molar-refractivity contribution in [2.75, 3.05) is 0 Å². The quantitative estimate of drug-likeness (QED) is 0.452. The zero-order valence-electron chi connectivity index (χ0n) is 14.2. The fourth-order valence-corrected chi connectivity index (χ4v) is 4.77. The molecule has 1 aliphatic carbocycles. The second-order valence-electron chi connectivity index (χ2n) is 8.83. The molecule has 4 heteroatoms. The van der Waals surface area contributed by atoms with Crippen molar-refractivity contribution in [1.82, 2.24) is 0 Å². The van der Waals surface area contributed by atoms with Gasteiger partial charge in [-0.2, -0.15) is 0 Å². The van der Waals surface area contributed by atoms with Gasteiger partial charge in [-0.3, -0.25) is 0 Å². The van der Waals surface area contributed by atoms with Crippen LogP contribution in [0.4, 0.5) is 0 Å². The van der Waals surface area contributed by atoms with Crippen molar-refractivity contribution in [3.05, 3.63) is 0 Å². The number of carbonyl (C=O) groups excluding carboxylic acids is 1. The number of aldehydes is 1. The highest BCUT2D eigenvalue weighted by atomic mass is 28.4. The second-order valence-corrected chi connectivity index (χ2v) is 13.6. The van der Waals surface area contributed by atoms with E-state index in [-0.39, 0.29) is 34.2 Å². The van der Waals surface area contributed by atoms with Crippen molar-refractivity contribution in [2.24, 2.45) is 11.3 Å². The zero-order chi connectivity index (χ0) is 15.6. The topological polar surface area (TPSA) is 38.8 Å². The summed E-state index contributed by atoms with van der Waals surface area (Å²) in [6.45, 7) is 17.7. The number of fused-ring (bicyclic) bond motifs is 1. The molecule has 3 nitrogen and oxygen atoms in total. The lowest BCUT2D eigenvalue weighted by atomic mass is 9.63. The molecule has 1 aliphatic heterocycles. The van der Waals surface area contributed by atoms with Crippen LogP contribution in [-0.2, 0) is 14.0 Å². The molecule has 2 fully saturated rings. The molecule has 0 N–H and O–H groups in total. The van der Waals surface area contributed by atoms with E-state index in [4.69, 9.17) is 9.16 Å². The van der Waals surface area contributed by atoms with Crippen LogP contribution in [0.25, 0.3) is 0 Å². The third-order valence-electron chi connectivity index (χ3n) is 6.03. The molecule has 0 amide bonds. The maximum Gasteiger partial charge on any atom is 0.192 e. The third kappa shape index (κ3) is 2.30. The Hall–Kier alpha value is -0.193. The Labute approximate surface area is 124 Å². The summed E-state index contributed by atoms with van der Waals surface area (Å²) in [6, 6.07) is 0. The van der Waals surface area contributed by atoms with Crippen LogP contribution in [0.3, 0.4) is 0 Å². The maximum absolute atomic E-state index is 11.6. The summed E-state index contributed by atoms with van der Waals surface area (Å²) >= 11 is 0. The van der Waals surface area contributed by atoms with Crippen LogP contribution in [0.1, 0.15) is 48.0 Å². The lowest BCUT2D eigenvalue weighted by Gasteiger charge is -2.48. The van der Waals surface area contributed by atoms with Gasteiger partial charge in [0.15, 0.2) is 8.32 Å². The van der Waals surface area contributed by atoms with E-state index in [1.54, 1.807) is 0 Å². The van der Waals surface area contributed by atoms with E-state index in [2.05, 4.69) is 54.6 Å². The Morgan fingerprint density at radius 1 is 1.25 bits per heavy atom. The van der Waals surface area contributed by atoms with E-state index in [1.165, 1.54) is 0 Å². The summed E-state index contributed by atoms with van der Waals surface area (Å²) in [5.41, 5.74) is -0.419. The van der Waals surface area contributed by atoms with Crippen molar-refractivity contribution in [2.45, 2.75) is 83.9 Å². The van der Waals surface area contributed by atoms with Crippen molar-refractivity contribution < 1.29 is 14.0 Å². The average molecular weight is 298 g/mol. The minimum Gasteiger partial charge on any atom is -0.413 e. The average Bonchev–Trinajstić information content (AvgIpc) is 2.87. The standard InChI is InChI=1S/C16H30O3Si/c1-14(2,3)20(7,8)19-12-9-13-16(6,18-13)11(10-17)15(12,4)5/h10-13H,9H2,1-8H3/t11-,12-,13+,16-/m0/s1. The Morgan fingerprint density at radius 2 is 1.80 bits per heavy atom. The predicted molar refractivity (Wildman–Crippen MR) is 83.3 cm³/mol. The van der Waals surface area contributed by atoms with Gasteiger partial charge < -0.3 is 14.0 Å². The molecule has 1 saturated carbocycles. The zero-order valence-corrected chi connectivity index (χ0v) is 15.2. The number of hydrogen-bond acceptors (Lipinski definition) is 3. The van der Waals surface area contributed by atoms with Gasteiger partial charge in [0.05, 0.1) is 18.1 Å². The summed E-state index contributed by atoms with van der Waals surface area (Å²) in [4.78, 5) is 11.6. The summed E-state index contributed by atoms with van der Waals surface area (Å²) in [6.07, 6.45) is 2.31. The van der Waals surface area contributed by atoms with Crippen LogP contribution in [0.5, 0.6) is 0 Å². The number of rotatable bonds is 3. The molecular weight excluding hydrogens is 268 g/mol. The summed E-state index contributed by atoms with van der Waals surface area (Å²) in [5.74, 6) is -0.0801. The van der Waals surface area contributed by atoms with Gasteiger partial charge in [-0.1, -0.05) is 34.6 Å². The first-order valence-corrected chi connectivity index (χ1v) is 10.6. The largest absolute Gasteiger partial charge is 0.413 e. The Morgan fingerprint density at radius 3 is 2.25 bits per heavy atom. The van der Waals surface area contributed by atoms with E-state index in [9.17, 15) is 4.79 Å². The van der Waals surface area contributed by atoms with Crippen molar-refractivity contribution >= 4 is 14.6 Å². The van der Waals surface area contributed by atoms with Gasteiger partial charge in [0.2, 0.25) is 0 Å². The summed E-state index contributed by atoms with van der Waals surface area (Å²) < 4.78 is 12.5. The highest BCUT2D eigenvalue weighted by molar-refractivity contribution is 6.74. The Kier molecular flexibility index (Phi) is 3.56. The molecule has 0 radical (unpaired) electrons. The molecule has 0 spiro atoms. The van der Waals surface area contributed by atoms with Gasteiger partial charge in [0.25, 0.3) is 0 Å². The SMILES string of the molecule is CC1(C)[C@@H](O[Si](C)(C)C(C)(C)C)C[C@H]2O[C@@]2(C)[C@H]1C=O. The number of carbonyl (C=O) groups is 1. The van der Waals surface area contributed by atoms with Gasteiger partial charge in [-0.15, -0.1) is 0 Å². The molecule has 0 unspecified atom stereocenters. The molecule has 0 aromatic carbocycles. The van der Waals surface area contributed by atoms with Crippen molar-refractivity contribution in [3.63, 3.8) is 0 Å². The number of hydrogen-bond donors (Lipinski definition) is 0. The first kappa shape index (κ1) is 16.2. The highest BCUT2D eigenvalue weighted by Gasteiger charge is 2.68. The van der Waals surface area contributed by atoms with Crippen LogP contribution in [0.2, 0.25) is 18.1 Å². The molecular formula is C16H30O3Si. The molecule has 1 heterocycles. The van der Waals surface area contributed by atoms with Gasteiger partial charge in [-0.05, 0) is 25.1 Å². The van der Waals surface area contributed by atoms with Crippen LogP contribution < -0.4 is 0 Å². The van der Waals surface area contributed by atoms with E-state index in [0.29, 0.717) is 0 Å². The smallest absolute Gasteiger partial charge is 0.192 e. The molecule has 0 bridgehead atoms. The van der Waals surface area contributed by atoms with Gasteiger partial charge in [0, 0.05) is 11.8 Å². The first-order valence-electron chi connectivity index (χ1n) is 7.67. The fraction of sp³-hybridized carbons (Fsp3) is 0.938. The first-order chi connectivity index (χ1) is 8.86. The van der Waals surface area contributed by atoms with Crippen LogP contribution in [0.15, 0.2) is 0 Å². The normalized spacial score (nSPS) is 40.1. The van der Waals surface area contributed by atoms with E-state index in [1.807, 2.05) is 0 Å². The van der Waals surface area contributed by atoms with Crippen molar-refractivity contribution in [3.8, 4) is 0 Å². The lowest BCUT2D eigenvalue weighted by molar-refractivity contribution is -0.122. The molecule has 1 saturated heterocycles. The second kappa shape index (κ2) is 4.40. The third-order valence-corrected chi connectivity index (χ3v) is 10.5. The van der Waals surface area contributed by atoms with Gasteiger partial charge >= 0.3 is 0 Å². The monoisotopic (exact) mass is 298 g/mol. The number of ether oxygens (including phenoxy) is 1. The molecule has 116 valence electrons. The molecule has 4 atom stereocenters. The maximum atomic E-state index is 11.6. The van der Waals surface area contributed by atoms with Crippen molar-refractivity contribution in [1.29, 1.82) is 0 Å². The summed E-state index contributed by atoms with van der Waals surface area (Å²) in [5, 5.41) is 0.185. The Balaban J connectivity index is 2.23. The van der Waals surface area contributed by atoms with Crippen LogP contribution in [-0.4, -0.2) is 32.4 Å². The van der Waals surface area contributed by atoms with E-state index < -0.39 is 8.32 Å². The lowest BCUT2D eigenvalue weighted by Crippen LogP contribution is -2.55. The fourth-order valence-electron chi connectivity index (χ4n) is 3.31.